The Morgan fingerprint density at radius 3 is 2.53 bits per heavy atom. The highest BCUT2D eigenvalue weighted by Crippen LogP contribution is 2.36. The van der Waals surface area contributed by atoms with Gasteiger partial charge in [-0.25, -0.2) is 9.79 Å². The molecule has 1 aliphatic rings. The van der Waals surface area contributed by atoms with Crippen LogP contribution < -0.4 is 29.1 Å². The summed E-state index contributed by atoms with van der Waals surface area (Å²) in [7, 11) is 1.45. The van der Waals surface area contributed by atoms with Gasteiger partial charge in [0.1, 0.15) is 5.75 Å². The van der Waals surface area contributed by atoms with E-state index < -0.39 is 18.0 Å². The number of aromatic nitrogens is 1. The van der Waals surface area contributed by atoms with Crippen molar-refractivity contribution in [2.75, 3.05) is 20.3 Å². The zero-order valence-corrected chi connectivity index (χ0v) is 22.6. The van der Waals surface area contributed by atoms with Crippen LogP contribution >= 0.6 is 11.3 Å². The molecule has 2 heterocycles. The number of carbonyl (C=O) groups is 2. The van der Waals surface area contributed by atoms with E-state index in [9.17, 15) is 14.4 Å². The van der Waals surface area contributed by atoms with Crippen molar-refractivity contribution in [1.29, 1.82) is 0 Å². The van der Waals surface area contributed by atoms with E-state index >= 15 is 0 Å². The first-order valence-corrected chi connectivity index (χ1v) is 12.9. The Bertz CT molecular complexity index is 1600. The topological polar surface area (TPSA) is 105 Å². The Labute approximate surface area is 223 Å². The molecule has 0 spiro atoms. The number of fused-ring (bicyclic) bond motifs is 1. The van der Waals surface area contributed by atoms with Crippen molar-refractivity contribution in [3.63, 3.8) is 0 Å². The second-order valence-corrected chi connectivity index (χ2v) is 9.29. The van der Waals surface area contributed by atoms with Gasteiger partial charge in [0.15, 0.2) is 16.3 Å². The third-order valence-electron chi connectivity index (χ3n) is 5.78. The first kappa shape index (κ1) is 26.9. The van der Waals surface area contributed by atoms with Crippen LogP contribution in [0.4, 0.5) is 0 Å². The lowest BCUT2D eigenvalue weighted by Crippen LogP contribution is -2.40. The number of methoxy groups -OCH3 is 1. The zero-order valence-electron chi connectivity index (χ0n) is 21.8. The molecule has 0 radical (unpaired) electrons. The first-order valence-electron chi connectivity index (χ1n) is 12.1. The number of thiazole rings is 1. The first-order chi connectivity index (χ1) is 18.3. The lowest BCUT2D eigenvalue weighted by molar-refractivity contribution is -0.139. The second-order valence-electron chi connectivity index (χ2n) is 8.28. The summed E-state index contributed by atoms with van der Waals surface area (Å²) in [6.07, 6.45) is 1.76. The highest BCUT2D eigenvalue weighted by molar-refractivity contribution is 7.07. The molecule has 0 amide bonds. The molecule has 10 heteroatoms. The molecular formula is C28H28N2O7S. The Kier molecular flexibility index (Phi) is 8.11. The third kappa shape index (κ3) is 5.26. The summed E-state index contributed by atoms with van der Waals surface area (Å²) in [5.74, 6) is 0.0917. The maximum absolute atomic E-state index is 13.8. The van der Waals surface area contributed by atoms with E-state index in [0.29, 0.717) is 33.0 Å². The molecule has 9 nitrogen and oxygen atoms in total. The molecule has 1 aliphatic heterocycles. The summed E-state index contributed by atoms with van der Waals surface area (Å²) < 4.78 is 23.7. The molecule has 0 saturated carbocycles. The molecule has 0 N–H and O–H groups in total. The average Bonchev–Trinajstić information content (AvgIpc) is 3.18. The number of rotatable bonds is 8. The van der Waals surface area contributed by atoms with Gasteiger partial charge in [-0.05, 0) is 50.6 Å². The highest BCUT2D eigenvalue weighted by Gasteiger charge is 2.34. The summed E-state index contributed by atoms with van der Waals surface area (Å²) in [5, 5.41) is 0. The normalized spacial score (nSPS) is 15.0. The third-order valence-corrected chi connectivity index (χ3v) is 6.76. The summed E-state index contributed by atoms with van der Waals surface area (Å²) in [5.41, 5.74) is 1.69. The Balaban J connectivity index is 1.95. The van der Waals surface area contributed by atoms with Crippen LogP contribution in [0.1, 0.15) is 44.9 Å². The summed E-state index contributed by atoms with van der Waals surface area (Å²) in [6.45, 7) is 7.26. The fourth-order valence-electron chi connectivity index (χ4n) is 4.23. The van der Waals surface area contributed by atoms with E-state index in [1.54, 1.807) is 38.1 Å². The van der Waals surface area contributed by atoms with Gasteiger partial charge in [-0.2, -0.15) is 0 Å². The lowest BCUT2D eigenvalue weighted by atomic mass is 9.95. The molecule has 0 bridgehead atoms. The molecule has 2 aromatic carbocycles. The minimum Gasteiger partial charge on any atom is -0.493 e. The number of carbonyl (C=O) groups excluding carboxylic acids is 2. The van der Waals surface area contributed by atoms with Gasteiger partial charge in [0.2, 0.25) is 0 Å². The zero-order chi connectivity index (χ0) is 27.4. The fraction of sp³-hybridized carbons (Fsp3) is 0.286. The largest absolute Gasteiger partial charge is 0.493 e. The minimum atomic E-state index is -0.838. The number of hydrogen-bond acceptors (Lipinski definition) is 9. The minimum absolute atomic E-state index is 0.162. The molecular weight excluding hydrogens is 508 g/mol. The maximum atomic E-state index is 13.8. The summed E-state index contributed by atoms with van der Waals surface area (Å²) in [4.78, 5) is 43.5. The number of hydrogen-bond donors (Lipinski definition) is 0. The van der Waals surface area contributed by atoms with Gasteiger partial charge < -0.3 is 18.9 Å². The molecule has 1 aromatic heterocycles. The van der Waals surface area contributed by atoms with Crippen molar-refractivity contribution >= 4 is 29.4 Å². The molecule has 1 atom stereocenters. The molecule has 1 unspecified atom stereocenters. The predicted molar refractivity (Wildman–Crippen MR) is 142 cm³/mol. The van der Waals surface area contributed by atoms with Gasteiger partial charge in [-0.1, -0.05) is 35.6 Å². The summed E-state index contributed by atoms with van der Waals surface area (Å²) in [6, 6.07) is 11.5. The molecule has 198 valence electrons. The van der Waals surface area contributed by atoms with E-state index in [1.807, 2.05) is 31.2 Å². The quantitative estimate of drug-likeness (QED) is 0.322. The van der Waals surface area contributed by atoms with Gasteiger partial charge in [-0.15, -0.1) is 0 Å². The predicted octanol–water partition coefficient (Wildman–Crippen LogP) is 3.13. The van der Waals surface area contributed by atoms with Crippen LogP contribution in [-0.4, -0.2) is 36.8 Å². The van der Waals surface area contributed by atoms with Crippen molar-refractivity contribution in [3.8, 4) is 17.2 Å². The number of para-hydroxylation sites is 1. The monoisotopic (exact) mass is 536 g/mol. The molecule has 3 aromatic rings. The van der Waals surface area contributed by atoms with Crippen LogP contribution in [0.2, 0.25) is 0 Å². The Hall–Kier alpha value is -4.18. The maximum Gasteiger partial charge on any atom is 0.338 e. The van der Waals surface area contributed by atoms with Crippen LogP contribution in [0, 0.1) is 0 Å². The molecule has 0 saturated heterocycles. The number of benzene rings is 2. The number of nitrogens with zero attached hydrogens (tertiary/aromatic N) is 2. The highest BCUT2D eigenvalue weighted by atomic mass is 32.1. The van der Waals surface area contributed by atoms with Crippen molar-refractivity contribution in [1.82, 2.24) is 4.57 Å². The van der Waals surface area contributed by atoms with Crippen LogP contribution in [-0.2, 0) is 14.3 Å². The van der Waals surface area contributed by atoms with Crippen LogP contribution in [0.15, 0.2) is 63.5 Å². The van der Waals surface area contributed by atoms with Crippen LogP contribution in [0.5, 0.6) is 17.2 Å². The van der Waals surface area contributed by atoms with Crippen molar-refractivity contribution < 1.29 is 28.5 Å². The van der Waals surface area contributed by atoms with Gasteiger partial charge in [0.05, 0.1) is 42.2 Å². The van der Waals surface area contributed by atoms with Crippen molar-refractivity contribution in [2.24, 2.45) is 4.99 Å². The van der Waals surface area contributed by atoms with E-state index in [2.05, 4.69) is 4.99 Å². The number of ether oxygens (including phenoxy) is 4. The van der Waals surface area contributed by atoms with E-state index in [1.165, 1.54) is 29.9 Å². The smallest absolute Gasteiger partial charge is 0.338 e. The second kappa shape index (κ2) is 11.5. The standard InChI is InChI=1S/C28H28N2O7S/c1-6-35-20-11-9-8-10-18(20)15-23-26(32)30-25(19-12-13-21(37-17(4)31)22(14-19)34-5)24(27(33)36-7-2)16(3)29-28(30)38-23/h8-15,25H,6-7H2,1-5H3/b23-15-. The van der Waals surface area contributed by atoms with Gasteiger partial charge >= 0.3 is 11.9 Å². The molecule has 0 fully saturated rings. The summed E-state index contributed by atoms with van der Waals surface area (Å²) >= 11 is 1.22. The Morgan fingerprint density at radius 1 is 1.08 bits per heavy atom. The number of esters is 2. The van der Waals surface area contributed by atoms with Crippen molar-refractivity contribution in [2.45, 2.75) is 33.7 Å². The van der Waals surface area contributed by atoms with E-state index in [4.69, 9.17) is 18.9 Å². The molecule has 4 rings (SSSR count). The molecule has 0 aliphatic carbocycles. The van der Waals surface area contributed by atoms with Gasteiger partial charge in [-0.3, -0.25) is 14.2 Å². The van der Waals surface area contributed by atoms with Crippen LogP contribution in [0.25, 0.3) is 6.08 Å². The van der Waals surface area contributed by atoms with Crippen molar-refractivity contribution in [3.05, 3.63) is 84.5 Å². The SMILES string of the molecule is CCOC(=O)C1=C(C)N=c2s/c(=C\c3ccccc3OCC)c(=O)n2C1c1ccc(OC(C)=O)c(OC)c1. The number of allylic oxidation sites excluding steroid dienone is 1. The Morgan fingerprint density at radius 2 is 1.84 bits per heavy atom. The van der Waals surface area contributed by atoms with Gasteiger partial charge in [0.25, 0.3) is 5.56 Å². The molecule has 38 heavy (non-hydrogen) atoms. The fourth-order valence-corrected chi connectivity index (χ4v) is 5.27. The van der Waals surface area contributed by atoms with Crippen LogP contribution in [0.3, 0.4) is 0 Å². The van der Waals surface area contributed by atoms with Gasteiger partial charge in [0, 0.05) is 12.5 Å². The average molecular weight is 537 g/mol. The lowest BCUT2D eigenvalue weighted by Gasteiger charge is -2.25. The van der Waals surface area contributed by atoms with E-state index in [0.717, 1.165) is 5.56 Å². The van der Waals surface area contributed by atoms with E-state index in [-0.39, 0.29) is 29.2 Å².